The van der Waals surface area contributed by atoms with Gasteiger partial charge in [0.25, 0.3) is 5.56 Å². The van der Waals surface area contributed by atoms with Gasteiger partial charge in [0.05, 0.1) is 30.6 Å². The number of hydrogen-bond acceptors (Lipinski definition) is 5. The summed E-state index contributed by atoms with van der Waals surface area (Å²) in [5.74, 6) is 0.832. The van der Waals surface area contributed by atoms with E-state index in [1.807, 2.05) is 13.8 Å². The minimum absolute atomic E-state index is 0.157. The summed E-state index contributed by atoms with van der Waals surface area (Å²) in [6, 6.07) is 9.11. The van der Waals surface area contributed by atoms with Gasteiger partial charge in [-0.2, -0.15) is 5.26 Å². The topological polar surface area (TPSA) is 90.3 Å². The van der Waals surface area contributed by atoms with E-state index < -0.39 is 5.60 Å². The van der Waals surface area contributed by atoms with Gasteiger partial charge in [0.1, 0.15) is 17.6 Å². The number of fused-ring (bicyclic) bond motifs is 1. The lowest BCUT2D eigenvalue weighted by Gasteiger charge is -2.32. The molecule has 124 valence electrons. The molecule has 0 aliphatic carbocycles. The highest BCUT2D eigenvalue weighted by Gasteiger charge is 2.32. The van der Waals surface area contributed by atoms with Crippen LogP contribution in [0.1, 0.15) is 30.5 Å². The third kappa shape index (κ3) is 2.53. The highest BCUT2D eigenvalue weighted by atomic mass is 16.5. The van der Waals surface area contributed by atoms with Crippen LogP contribution in [0.5, 0.6) is 5.75 Å². The number of hydrogen-bond donors (Lipinski definition) is 1. The predicted octanol–water partition coefficient (Wildman–Crippen LogP) is 2.15. The maximum atomic E-state index is 12.9. The number of nitrogen functional groups attached to an aromatic ring is 1. The fourth-order valence-corrected chi connectivity index (χ4v) is 2.99. The van der Waals surface area contributed by atoms with Crippen LogP contribution in [0.4, 0.5) is 5.82 Å². The number of rotatable bonds is 2. The molecule has 1 aromatic heterocycles. The van der Waals surface area contributed by atoms with Gasteiger partial charge in [-0.1, -0.05) is 0 Å². The molecule has 0 saturated carbocycles. The van der Waals surface area contributed by atoms with Crippen LogP contribution in [0.15, 0.2) is 29.1 Å². The van der Waals surface area contributed by atoms with E-state index in [0.29, 0.717) is 34.5 Å². The molecule has 0 atom stereocenters. The number of nitrogens with two attached hydrogens (primary N) is 1. The number of nitrogens with zero attached hydrogens (tertiary/aromatic N) is 2. The van der Waals surface area contributed by atoms with Gasteiger partial charge in [0, 0.05) is 12.0 Å². The minimum atomic E-state index is -0.427. The molecule has 0 saturated heterocycles. The zero-order valence-electron chi connectivity index (χ0n) is 13.9. The first-order valence-electron chi connectivity index (χ1n) is 7.62. The minimum Gasteiger partial charge on any atom is -0.497 e. The van der Waals surface area contributed by atoms with Crippen molar-refractivity contribution in [1.82, 2.24) is 4.57 Å². The monoisotopic (exact) mass is 325 g/mol. The van der Waals surface area contributed by atoms with Crippen LogP contribution in [-0.4, -0.2) is 17.3 Å². The van der Waals surface area contributed by atoms with E-state index in [1.165, 1.54) is 4.57 Å². The van der Waals surface area contributed by atoms with Crippen LogP contribution >= 0.6 is 0 Å². The molecule has 0 unspecified atom stereocenters. The van der Waals surface area contributed by atoms with Gasteiger partial charge in [-0.15, -0.1) is 0 Å². The molecule has 6 nitrogen and oxygen atoms in total. The molecule has 3 rings (SSSR count). The van der Waals surface area contributed by atoms with E-state index in [9.17, 15) is 10.1 Å². The number of ether oxygens (including phenoxy) is 2. The van der Waals surface area contributed by atoms with Gasteiger partial charge in [0.2, 0.25) is 0 Å². The maximum Gasteiger partial charge on any atom is 0.262 e. The van der Waals surface area contributed by atoms with E-state index in [4.69, 9.17) is 15.2 Å². The number of nitriles is 1. The number of benzene rings is 1. The van der Waals surface area contributed by atoms with Crippen LogP contribution < -0.4 is 16.0 Å². The zero-order valence-corrected chi connectivity index (χ0v) is 13.9. The van der Waals surface area contributed by atoms with Crippen molar-refractivity contribution in [2.24, 2.45) is 0 Å². The lowest BCUT2D eigenvalue weighted by molar-refractivity contribution is -0.0408. The van der Waals surface area contributed by atoms with Crippen LogP contribution in [0.3, 0.4) is 0 Å². The molecular weight excluding hydrogens is 306 g/mol. The Bertz CT molecular complexity index is 890. The summed E-state index contributed by atoms with van der Waals surface area (Å²) in [6.07, 6.45) is 0.480. The molecule has 0 amide bonds. The lowest BCUT2D eigenvalue weighted by Crippen LogP contribution is -2.38. The summed E-state index contributed by atoms with van der Waals surface area (Å²) < 4.78 is 12.2. The number of anilines is 1. The lowest BCUT2D eigenvalue weighted by atomic mass is 9.89. The molecule has 6 heteroatoms. The molecule has 0 radical (unpaired) electrons. The molecular formula is C18H19N3O3. The Balaban J connectivity index is 2.26. The van der Waals surface area contributed by atoms with Crippen molar-refractivity contribution in [1.29, 1.82) is 5.26 Å². The van der Waals surface area contributed by atoms with Gasteiger partial charge >= 0.3 is 0 Å². The van der Waals surface area contributed by atoms with Crippen LogP contribution in [0, 0.1) is 11.3 Å². The quantitative estimate of drug-likeness (QED) is 0.913. The van der Waals surface area contributed by atoms with Crippen molar-refractivity contribution in [3.05, 3.63) is 51.3 Å². The molecule has 1 aromatic carbocycles. The summed E-state index contributed by atoms with van der Waals surface area (Å²) in [5.41, 5.74) is 7.62. The van der Waals surface area contributed by atoms with Crippen LogP contribution in [0.2, 0.25) is 0 Å². The van der Waals surface area contributed by atoms with Gasteiger partial charge in [0.15, 0.2) is 0 Å². The molecule has 0 fully saturated rings. The molecule has 1 aliphatic heterocycles. The highest BCUT2D eigenvalue weighted by molar-refractivity contribution is 5.60. The van der Waals surface area contributed by atoms with E-state index in [2.05, 4.69) is 6.07 Å². The number of aromatic nitrogens is 1. The summed E-state index contributed by atoms with van der Waals surface area (Å²) in [5, 5.41) is 9.58. The molecule has 1 aliphatic rings. The van der Waals surface area contributed by atoms with Crippen molar-refractivity contribution in [3.8, 4) is 17.5 Å². The standard InChI is InChI=1S/C18H19N3O3/c1-18(2)8-13-14(9-19)16(20)21(17(22)15(13)10-24-18)11-4-6-12(23-3)7-5-11/h4-7H,8,10,20H2,1-3H3. The summed E-state index contributed by atoms with van der Waals surface area (Å²) in [6.45, 7) is 4.04. The first-order valence-corrected chi connectivity index (χ1v) is 7.62. The summed E-state index contributed by atoms with van der Waals surface area (Å²) >= 11 is 0. The molecule has 2 aromatic rings. The summed E-state index contributed by atoms with van der Waals surface area (Å²) in [4.78, 5) is 12.9. The van der Waals surface area contributed by atoms with Gasteiger partial charge in [-0.3, -0.25) is 9.36 Å². The predicted molar refractivity (Wildman–Crippen MR) is 90.3 cm³/mol. The van der Waals surface area contributed by atoms with Crippen molar-refractivity contribution in [2.45, 2.75) is 32.5 Å². The molecule has 2 heterocycles. The van der Waals surface area contributed by atoms with E-state index in [0.717, 1.165) is 0 Å². The second kappa shape index (κ2) is 5.69. The first kappa shape index (κ1) is 16.1. The molecule has 0 spiro atoms. The third-order valence-corrected chi connectivity index (χ3v) is 4.28. The highest BCUT2D eigenvalue weighted by Crippen LogP contribution is 2.31. The zero-order chi connectivity index (χ0) is 17.5. The average Bonchev–Trinajstić information content (AvgIpc) is 2.55. The van der Waals surface area contributed by atoms with Crippen molar-refractivity contribution in [3.63, 3.8) is 0 Å². The second-order valence-electron chi connectivity index (χ2n) is 6.39. The van der Waals surface area contributed by atoms with Crippen molar-refractivity contribution < 1.29 is 9.47 Å². The Morgan fingerprint density at radius 1 is 1.29 bits per heavy atom. The van der Waals surface area contributed by atoms with E-state index in [1.54, 1.807) is 31.4 Å². The van der Waals surface area contributed by atoms with Crippen molar-refractivity contribution >= 4 is 5.82 Å². The van der Waals surface area contributed by atoms with Crippen LogP contribution in [-0.2, 0) is 17.8 Å². The Labute approximate surface area is 140 Å². The van der Waals surface area contributed by atoms with E-state index >= 15 is 0 Å². The second-order valence-corrected chi connectivity index (χ2v) is 6.39. The number of methoxy groups -OCH3 is 1. The smallest absolute Gasteiger partial charge is 0.262 e. The maximum absolute atomic E-state index is 12.9. The Morgan fingerprint density at radius 3 is 2.54 bits per heavy atom. The van der Waals surface area contributed by atoms with Crippen molar-refractivity contribution in [2.75, 3.05) is 12.8 Å². The fourth-order valence-electron chi connectivity index (χ4n) is 2.99. The fraction of sp³-hybridized carbons (Fsp3) is 0.333. The molecule has 24 heavy (non-hydrogen) atoms. The van der Waals surface area contributed by atoms with Gasteiger partial charge in [-0.05, 0) is 43.7 Å². The van der Waals surface area contributed by atoms with Gasteiger partial charge < -0.3 is 15.2 Å². The first-order chi connectivity index (χ1) is 11.4. The van der Waals surface area contributed by atoms with Gasteiger partial charge in [-0.25, -0.2) is 0 Å². The van der Waals surface area contributed by atoms with E-state index in [-0.39, 0.29) is 18.0 Å². The van der Waals surface area contributed by atoms with Crippen LogP contribution in [0.25, 0.3) is 5.69 Å². The number of pyridine rings is 1. The normalized spacial score (nSPS) is 15.4. The third-order valence-electron chi connectivity index (χ3n) is 4.28. The average molecular weight is 325 g/mol. The summed E-state index contributed by atoms with van der Waals surface area (Å²) in [7, 11) is 1.57. The largest absolute Gasteiger partial charge is 0.497 e. The Morgan fingerprint density at radius 2 is 1.96 bits per heavy atom. The Kier molecular flexibility index (Phi) is 3.82. The molecule has 0 bridgehead atoms. The Hall–Kier alpha value is -2.78. The molecule has 2 N–H and O–H groups in total. The SMILES string of the molecule is COc1ccc(-n2c(N)c(C#N)c3c(c2=O)COC(C)(C)C3)cc1.